The van der Waals surface area contributed by atoms with Crippen molar-refractivity contribution in [3.05, 3.63) is 65.0 Å². The number of hydrogen-bond donors (Lipinski definition) is 1. The van der Waals surface area contributed by atoms with Crippen LogP contribution in [0.5, 0.6) is 0 Å². The maximum absolute atomic E-state index is 13.3. The van der Waals surface area contributed by atoms with Crippen molar-refractivity contribution in [2.75, 3.05) is 0 Å². The number of nitrogens with two attached hydrogens (primary N) is 1. The minimum Gasteiger partial charge on any atom is -0.324 e. The Morgan fingerprint density at radius 1 is 1.21 bits per heavy atom. The zero-order valence-corrected chi connectivity index (χ0v) is 12.0. The van der Waals surface area contributed by atoms with Gasteiger partial charge in [-0.15, -0.1) is 11.8 Å². The van der Waals surface area contributed by atoms with Gasteiger partial charge in [0.05, 0.1) is 0 Å². The summed E-state index contributed by atoms with van der Waals surface area (Å²) in [5.74, 6) is 0.639. The quantitative estimate of drug-likeness (QED) is 0.834. The number of thioether (sulfide) groups is 1. The summed E-state index contributed by atoms with van der Waals surface area (Å²) < 4.78 is 13.3. The van der Waals surface area contributed by atoms with E-state index in [0.29, 0.717) is 0 Å². The van der Waals surface area contributed by atoms with E-state index in [1.54, 1.807) is 11.8 Å². The van der Waals surface area contributed by atoms with Gasteiger partial charge in [0, 0.05) is 16.7 Å². The van der Waals surface area contributed by atoms with Crippen molar-refractivity contribution in [1.29, 1.82) is 0 Å². The first kappa shape index (κ1) is 14.1. The van der Waals surface area contributed by atoms with Crippen molar-refractivity contribution in [3.8, 4) is 0 Å². The Labute approximate surface area is 118 Å². The summed E-state index contributed by atoms with van der Waals surface area (Å²) in [7, 11) is 0. The molecule has 0 bridgehead atoms. The Balaban J connectivity index is 2.15. The van der Waals surface area contributed by atoms with Gasteiger partial charge in [0.15, 0.2) is 0 Å². The maximum atomic E-state index is 13.3. The normalized spacial score (nSPS) is 12.4. The molecule has 0 spiro atoms. The Morgan fingerprint density at radius 2 is 2.00 bits per heavy atom. The third-order valence-corrected chi connectivity index (χ3v) is 4.10. The summed E-state index contributed by atoms with van der Waals surface area (Å²) in [6.07, 6.45) is 0. The number of rotatable bonds is 4. The van der Waals surface area contributed by atoms with Crippen LogP contribution in [-0.4, -0.2) is 0 Å². The first-order chi connectivity index (χ1) is 9.06. The Morgan fingerprint density at radius 3 is 2.68 bits per heavy atom. The van der Waals surface area contributed by atoms with Gasteiger partial charge in [0.2, 0.25) is 0 Å². The molecule has 0 saturated carbocycles. The van der Waals surface area contributed by atoms with Crippen molar-refractivity contribution < 1.29 is 4.39 Å². The Hall–Kier alpha value is -1.32. The molecule has 0 aromatic heterocycles. The van der Waals surface area contributed by atoms with Crippen LogP contribution in [0.25, 0.3) is 0 Å². The average Bonchev–Trinajstić information content (AvgIpc) is 2.37. The van der Waals surface area contributed by atoms with Crippen LogP contribution in [0, 0.1) is 12.7 Å². The molecule has 0 aliphatic rings. The third-order valence-electron chi connectivity index (χ3n) is 2.94. The SMILES string of the molecule is Cc1cccc(CSc2ccc(F)cc2[C@@H](C)N)c1. The molecule has 1 nitrogen and oxygen atoms in total. The van der Waals surface area contributed by atoms with Crippen molar-refractivity contribution >= 4 is 11.8 Å². The lowest BCUT2D eigenvalue weighted by molar-refractivity contribution is 0.619. The molecule has 0 aliphatic heterocycles. The molecular formula is C16H18FNS. The number of aryl methyl sites for hydroxylation is 1. The minimum atomic E-state index is -0.229. The molecule has 0 unspecified atom stereocenters. The van der Waals surface area contributed by atoms with Crippen LogP contribution in [0.3, 0.4) is 0 Å². The number of benzene rings is 2. The molecule has 0 saturated heterocycles. The van der Waals surface area contributed by atoms with E-state index in [4.69, 9.17) is 5.73 Å². The van der Waals surface area contributed by atoms with Crippen LogP contribution in [0.15, 0.2) is 47.4 Å². The zero-order valence-electron chi connectivity index (χ0n) is 11.2. The minimum absolute atomic E-state index is 0.157. The van der Waals surface area contributed by atoms with E-state index in [-0.39, 0.29) is 11.9 Å². The molecule has 2 aromatic rings. The van der Waals surface area contributed by atoms with Crippen LogP contribution in [0.2, 0.25) is 0 Å². The molecule has 2 rings (SSSR count). The highest BCUT2D eigenvalue weighted by molar-refractivity contribution is 7.98. The largest absolute Gasteiger partial charge is 0.324 e. The zero-order chi connectivity index (χ0) is 13.8. The standard InChI is InChI=1S/C16H18FNS/c1-11-4-3-5-13(8-11)10-19-16-7-6-14(17)9-15(16)12(2)18/h3-9,12H,10,18H2,1-2H3/t12-/m1/s1. The van der Waals surface area contributed by atoms with Gasteiger partial charge in [0.25, 0.3) is 0 Å². The molecule has 19 heavy (non-hydrogen) atoms. The monoisotopic (exact) mass is 275 g/mol. The summed E-state index contributed by atoms with van der Waals surface area (Å²) >= 11 is 1.70. The number of halogens is 1. The van der Waals surface area contributed by atoms with Gasteiger partial charge in [-0.25, -0.2) is 4.39 Å². The van der Waals surface area contributed by atoms with E-state index < -0.39 is 0 Å². The average molecular weight is 275 g/mol. The van der Waals surface area contributed by atoms with Gasteiger partial charge in [0.1, 0.15) is 5.82 Å². The molecule has 0 aliphatic carbocycles. The van der Waals surface area contributed by atoms with Crippen molar-refractivity contribution in [3.63, 3.8) is 0 Å². The van der Waals surface area contributed by atoms with Crippen molar-refractivity contribution in [2.24, 2.45) is 5.73 Å². The first-order valence-corrected chi connectivity index (χ1v) is 7.28. The fraction of sp³-hybridized carbons (Fsp3) is 0.250. The molecule has 0 heterocycles. The molecule has 2 N–H and O–H groups in total. The van der Waals surface area contributed by atoms with Crippen LogP contribution in [-0.2, 0) is 5.75 Å². The molecule has 1 atom stereocenters. The van der Waals surface area contributed by atoms with E-state index in [1.165, 1.54) is 23.3 Å². The second-order valence-electron chi connectivity index (χ2n) is 4.75. The van der Waals surface area contributed by atoms with E-state index in [1.807, 2.05) is 13.0 Å². The second-order valence-corrected chi connectivity index (χ2v) is 5.77. The van der Waals surface area contributed by atoms with Crippen LogP contribution >= 0.6 is 11.8 Å². The van der Waals surface area contributed by atoms with Crippen LogP contribution < -0.4 is 5.73 Å². The van der Waals surface area contributed by atoms with E-state index in [9.17, 15) is 4.39 Å². The first-order valence-electron chi connectivity index (χ1n) is 6.29. The van der Waals surface area contributed by atoms with Gasteiger partial charge in [-0.2, -0.15) is 0 Å². The van der Waals surface area contributed by atoms with Crippen LogP contribution in [0.4, 0.5) is 4.39 Å². The van der Waals surface area contributed by atoms with E-state index >= 15 is 0 Å². The summed E-state index contributed by atoms with van der Waals surface area (Å²) in [5.41, 5.74) is 9.29. The fourth-order valence-corrected chi connectivity index (χ4v) is 3.05. The topological polar surface area (TPSA) is 26.0 Å². The van der Waals surface area contributed by atoms with E-state index in [2.05, 4.69) is 31.2 Å². The third kappa shape index (κ3) is 3.82. The highest BCUT2D eigenvalue weighted by atomic mass is 32.2. The fourth-order valence-electron chi connectivity index (χ4n) is 1.97. The summed E-state index contributed by atoms with van der Waals surface area (Å²) in [6.45, 7) is 3.96. The lowest BCUT2D eigenvalue weighted by Crippen LogP contribution is -2.06. The molecular weight excluding hydrogens is 257 g/mol. The molecule has 0 radical (unpaired) electrons. The molecule has 0 amide bonds. The highest BCUT2D eigenvalue weighted by Crippen LogP contribution is 2.30. The molecule has 3 heteroatoms. The molecule has 2 aromatic carbocycles. The van der Waals surface area contributed by atoms with Gasteiger partial charge in [-0.05, 0) is 43.2 Å². The van der Waals surface area contributed by atoms with Crippen molar-refractivity contribution in [2.45, 2.75) is 30.5 Å². The van der Waals surface area contributed by atoms with Crippen molar-refractivity contribution in [1.82, 2.24) is 0 Å². The lowest BCUT2D eigenvalue weighted by atomic mass is 10.1. The summed E-state index contributed by atoms with van der Waals surface area (Å²) in [6, 6.07) is 13.1. The second kappa shape index (κ2) is 6.22. The van der Waals surface area contributed by atoms with Gasteiger partial charge in [-0.3, -0.25) is 0 Å². The van der Waals surface area contributed by atoms with Gasteiger partial charge in [-0.1, -0.05) is 29.8 Å². The predicted molar refractivity (Wildman–Crippen MR) is 79.7 cm³/mol. The highest BCUT2D eigenvalue weighted by Gasteiger charge is 2.09. The van der Waals surface area contributed by atoms with Crippen LogP contribution in [0.1, 0.15) is 29.7 Å². The maximum Gasteiger partial charge on any atom is 0.123 e. The summed E-state index contributed by atoms with van der Waals surface area (Å²) in [4.78, 5) is 1.05. The Kier molecular flexibility index (Phi) is 4.61. The van der Waals surface area contributed by atoms with Gasteiger partial charge < -0.3 is 5.73 Å². The lowest BCUT2D eigenvalue weighted by Gasteiger charge is -2.12. The Bertz CT molecular complexity index is 566. The predicted octanol–water partition coefficient (Wildman–Crippen LogP) is 4.45. The van der Waals surface area contributed by atoms with E-state index in [0.717, 1.165) is 16.2 Å². The van der Waals surface area contributed by atoms with Gasteiger partial charge >= 0.3 is 0 Å². The molecule has 0 fully saturated rings. The number of hydrogen-bond acceptors (Lipinski definition) is 2. The summed E-state index contributed by atoms with van der Waals surface area (Å²) in [5, 5.41) is 0. The molecule has 100 valence electrons. The smallest absolute Gasteiger partial charge is 0.123 e.